The number of hydrogen-bond donors (Lipinski definition) is 2. The van der Waals surface area contributed by atoms with Crippen LogP contribution in [-0.2, 0) is 6.54 Å². The zero-order valence-electron chi connectivity index (χ0n) is 16.5. The Kier molecular flexibility index (Phi) is 6.58. The molecule has 3 aromatic carbocycles. The number of anilines is 2. The van der Waals surface area contributed by atoms with Crippen LogP contribution in [0.1, 0.15) is 22.8 Å². The molecule has 0 bridgehead atoms. The number of nitrogens with zero attached hydrogens (tertiary/aromatic N) is 3. The summed E-state index contributed by atoms with van der Waals surface area (Å²) in [4.78, 5) is 13.2. The van der Waals surface area contributed by atoms with Crippen molar-refractivity contribution in [2.45, 2.75) is 19.6 Å². The number of aromatic carboxylic acids is 1. The van der Waals surface area contributed by atoms with E-state index in [0.29, 0.717) is 12.2 Å². The number of hydrogen-bond acceptors (Lipinski definition) is 5. The van der Waals surface area contributed by atoms with Crippen molar-refractivity contribution in [3.63, 3.8) is 0 Å². The summed E-state index contributed by atoms with van der Waals surface area (Å²) in [5.41, 5.74) is 3.93. The van der Waals surface area contributed by atoms with E-state index in [2.05, 4.69) is 39.5 Å². The van der Waals surface area contributed by atoms with Crippen molar-refractivity contribution in [3.05, 3.63) is 90.0 Å². The van der Waals surface area contributed by atoms with Crippen LogP contribution in [0, 0.1) is 0 Å². The average molecular weight is 388 g/mol. The van der Waals surface area contributed by atoms with Gasteiger partial charge in [-0.05, 0) is 55.0 Å². The first-order valence-electron chi connectivity index (χ1n) is 9.37. The third kappa shape index (κ3) is 5.65. The summed E-state index contributed by atoms with van der Waals surface area (Å²) >= 11 is 0. The first kappa shape index (κ1) is 20.1. The molecule has 0 heterocycles. The van der Waals surface area contributed by atoms with E-state index in [0.717, 1.165) is 16.9 Å². The summed E-state index contributed by atoms with van der Waals surface area (Å²) < 4.78 is 0. The minimum absolute atomic E-state index is 0.129. The van der Waals surface area contributed by atoms with Crippen molar-refractivity contribution in [1.29, 1.82) is 0 Å². The lowest BCUT2D eigenvalue weighted by Crippen LogP contribution is -2.35. The molecule has 29 heavy (non-hydrogen) atoms. The molecule has 148 valence electrons. The van der Waals surface area contributed by atoms with Gasteiger partial charge in [-0.15, -0.1) is 0 Å². The quantitative estimate of drug-likeness (QED) is 0.391. The summed E-state index contributed by atoms with van der Waals surface area (Å²) in [5, 5.41) is 20.8. The van der Waals surface area contributed by atoms with Crippen LogP contribution in [-0.4, -0.2) is 24.3 Å². The van der Waals surface area contributed by atoms with E-state index >= 15 is 0 Å². The Hall–Kier alpha value is -3.67. The molecule has 3 rings (SSSR count). The second-order valence-electron chi connectivity index (χ2n) is 6.72. The number of nitrogens with one attached hydrogen (secondary N) is 1. The molecule has 6 nitrogen and oxygen atoms in total. The van der Waals surface area contributed by atoms with Crippen LogP contribution in [0.15, 0.2) is 89.1 Å². The van der Waals surface area contributed by atoms with Crippen LogP contribution < -0.4 is 10.2 Å². The van der Waals surface area contributed by atoms with E-state index in [-0.39, 0.29) is 11.7 Å². The molecule has 2 N–H and O–H groups in total. The Balaban J connectivity index is 1.58. The van der Waals surface area contributed by atoms with E-state index in [1.165, 1.54) is 12.1 Å². The summed E-state index contributed by atoms with van der Waals surface area (Å²) in [6, 6.07) is 24.7. The molecule has 0 saturated heterocycles. The van der Waals surface area contributed by atoms with E-state index in [9.17, 15) is 4.79 Å². The summed E-state index contributed by atoms with van der Waals surface area (Å²) in [6.45, 7) is 2.54. The van der Waals surface area contributed by atoms with Gasteiger partial charge in [0.1, 0.15) is 0 Å². The fraction of sp³-hybridized carbons (Fsp3) is 0.174. The monoisotopic (exact) mass is 388 g/mol. The molecule has 0 aliphatic rings. The largest absolute Gasteiger partial charge is 0.478 e. The number of benzene rings is 3. The smallest absolute Gasteiger partial charge is 0.335 e. The second-order valence-corrected chi connectivity index (χ2v) is 6.72. The fourth-order valence-electron chi connectivity index (χ4n) is 2.83. The minimum atomic E-state index is -0.974. The van der Waals surface area contributed by atoms with Gasteiger partial charge in [-0.3, -0.25) is 0 Å². The van der Waals surface area contributed by atoms with Crippen molar-refractivity contribution in [1.82, 2.24) is 0 Å². The normalized spacial score (nSPS) is 11.9. The third-order valence-corrected chi connectivity index (χ3v) is 4.61. The molecule has 0 aliphatic carbocycles. The van der Waals surface area contributed by atoms with Crippen molar-refractivity contribution in [3.8, 4) is 0 Å². The Morgan fingerprint density at radius 3 is 2.45 bits per heavy atom. The van der Waals surface area contributed by atoms with E-state index < -0.39 is 5.97 Å². The Morgan fingerprint density at radius 1 is 1.03 bits per heavy atom. The molecule has 0 radical (unpaired) electrons. The molecule has 0 saturated carbocycles. The average Bonchev–Trinajstić information content (AvgIpc) is 2.74. The molecule has 0 aromatic heterocycles. The molecule has 1 unspecified atom stereocenters. The lowest BCUT2D eigenvalue weighted by molar-refractivity contribution is 0.0697. The second kappa shape index (κ2) is 9.50. The van der Waals surface area contributed by atoms with E-state index in [4.69, 9.17) is 5.11 Å². The van der Waals surface area contributed by atoms with Crippen LogP contribution in [0.25, 0.3) is 0 Å². The number of azo groups is 1. The summed E-state index contributed by atoms with van der Waals surface area (Å²) in [6.07, 6.45) is 0.129. The highest BCUT2D eigenvalue weighted by Crippen LogP contribution is 2.19. The molecule has 3 aromatic rings. The zero-order valence-corrected chi connectivity index (χ0v) is 16.5. The molecular weight excluding hydrogens is 364 g/mol. The topological polar surface area (TPSA) is 77.3 Å². The van der Waals surface area contributed by atoms with Gasteiger partial charge in [0.2, 0.25) is 0 Å². The summed E-state index contributed by atoms with van der Waals surface area (Å²) in [7, 11) is 2.05. The Bertz CT molecular complexity index is 972. The maximum absolute atomic E-state index is 11.0. The molecule has 0 spiro atoms. The molecule has 1 atom stereocenters. The Labute approximate surface area is 170 Å². The predicted molar refractivity (Wildman–Crippen MR) is 116 cm³/mol. The first-order valence-corrected chi connectivity index (χ1v) is 9.37. The SMILES string of the molecule is CC(Nc1ccccc1)N(C)c1ccc(CN=Nc2cccc(C(=O)O)c2)cc1. The van der Waals surface area contributed by atoms with Crippen molar-refractivity contribution in [2.75, 3.05) is 17.3 Å². The highest BCUT2D eigenvalue weighted by atomic mass is 16.4. The van der Waals surface area contributed by atoms with Gasteiger partial charge in [0.05, 0.1) is 24.0 Å². The number of carboxylic acid groups (broad SMARTS) is 1. The van der Waals surface area contributed by atoms with Crippen molar-refractivity contribution < 1.29 is 9.90 Å². The fourth-order valence-corrected chi connectivity index (χ4v) is 2.83. The molecule has 0 aliphatic heterocycles. The van der Waals surface area contributed by atoms with Crippen LogP contribution in [0.4, 0.5) is 17.1 Å². The zero-order chi connectivity index (χ0) is 20.6. The van der Waals surface area contributed by atoms with Crippen LogP contribution >= 0.6 is 0 Å². The van der Waals surface area contributed by atoms with Crippen molar-refractivity contribution >= 4 is 23.0 Å². The van der Waals surface area contributed by atoms with Gasteiger partial charge in [0.25, 0.3) is 0 Å². The predicted octanol–water partition coefficient (Wildman–Crippen LogP) is 5.56. The summed E-state index contributed by atoms with van der Waals surface area (Å²) in [5.74, 6) is -0.974. The number of rotatable bonds is 8. The van der Waals surface area contributed by atoms with Crippen LogP contribution in [0.3, 0.4) is 0 Å². The highest BCUT2D eigenvalue weighted by Gasteiger charge is 2.09. The molecule has 0 amide bonds. The van der Waals surface area contributed by atoms with Crippen LogP contribution in [0.2, 0.25) is 0 Å². The number of carbonyl (C=O) groups is 1. The third-order valence-electron chi connectivity index (χ3n) is 4.61. The van der Waals surface area contributed by atoms with Crippen molar-refractivity contribution in [2.24, 2.45) is 10.2 Å². The molecule has 0 fully saturated rings. The van der Waals surface area contributed by atoms with Crippen LogP contribution in [0.5, 0.6) is 0 Å². The maximum Gasteiger partial charge on any atom is 0.335 e. The number of carboxylic acids is 1. The minimum Gasteiger partial charge on any atom is -0.478 e. The lowest BCUT2D eigenvalue weighted by atomic mass is 10.2. The number of para-hydroxylation sites is 1. The Morgan fingerprint density at radius 2 is 1.76 bits per heavy atom. The first-order chi connectivity index (χ1) is 14.0. The van der Waals surface area contributed by atoms with Gasteiger partial charge in [-0.25, -0.2) is 4.79 Å². The molecular formula is C23H24N4O2. The van der Waals surface area contributed by atoms with Gasteiger partial charge in [-0.2, -0.15) is 10.2 Å². The molecule has 6 heteroatoms. The van der Waals surface area contributed by atoms with Gasteiger partial charge in [0.15, 0.2) is 0 Å². The van der Waals surface area contributed by atoms with E-state index in [1.807, 2.05) is 49.5 Å². The van der Waals surface area contributed by atoms with Gasteiger partial charge < -0.3 is 15.3 Å². The van der Waals surface area contributed by atoms with Gasteiger partial charge in [0, 0.05) is 18.4 Å². The van der Waals surface area contributed by atoms with Gasteiger partial charge in [-0.1, -0.05) is 36.4 Å². The van der Waals surface area contributed by atoms with E-state index in [1.54, 1.807) is 12.1 Å². The highest BCUT2D eigenvalue weighted by molar-refractivity contribution is 5.88. The maximum atomic E-state index is 11.0. The van der Waals surface area contributed by atoms with Gasteiger partial charge >= 0.3 is 5.97 Å². The lowest BCUT2D eigenvalue weighted by Gasteiger charge is -2.28. The standard InChI is InChI=1S/C23H24N4O2/c1-17(25-20-8-4-3-5-9-20)27(2)22-13-11-18(12-14-22)16-24-26-21-10-6-7-19(15-21)23(28)29/h3-15,17,25H,16H2,1-2H3,(H,28,29).